The summed E-state index contributed by atoms with van der Waals surface area (Å²) in [4.78, 5) is 26.9. The summed E-state index contributed by atoms with van der Waals surface area (Å²) < 4.78 is 0. The molecule has 132 valence electrons. The monoisotopic (exact) mass is 323 g/mol. The van der Waals surface area contributed by atoms with E-state index >= 15 is 0 Å². The van der Waals surface area contributed by atoms with Crippen LogP contribution in [0.15, 0.2) is 12.7 Å². The van der Waals surface area contributed by atoms with Crippen molar-refractivity contribution in [3.8, 4) is 0 Å². The van der Waals surface area contributed by atoms with E-state index in [0.29, 0.717) is 13.0 Å². The smallest absolute Gasteiger partial charge is 0.246 e. The fourth-order valence-corrected chi connectivity index (χ4v) is 3.57. The molecule has 23 heavy (non-hydrogen) atoms. The Bertz CT molecular complexity index is 422. The van der Waals surface area contributed by atoms with Gasteiger partial charge in [0.2, 0.25) is 11.8 Å². The van der Waals surface area contributed by atoms with Crippen LogP contribution < -0.4 is 10.6 Å². The number of hydrogen-bond donors (Lipinski definition) is 2. The van der Waals surface area contributed by atoms with Crippen LogP contribution >= 0.6 is 0 Å². The van der Waals surface area contributed by atoms with Crippen molar-refractivity contribution in [1.29, 1.82) is 0 Å². The van der Waals surface area contributed by atoms with Crippen molar-refractivity contribution in [2.45, 2.75) is 51.5 Å². The van der Waals surface area contributed by atoms with Gasteiger partial charge in [-0.1, -0.05) is 19.4 Å². The third-order valence-electron chi connectivity index (χ3n) is 4.71. The Hall–Kier alpha value is -1.36. The summed E-state index contributed by atoms with van der Waals surface area (Å²) >= 11 is 0. The molecule has 0 aromatic heterocycles. The Morgan fingerprint density at radius 1 is 1.35 bits per heavy atom. The third kappa shape index (κ3) is 5.34. The topological polar surface area (TPSA) is 61.4 Å². The van der Waals surface area contributed by atoms with Crippen molar-refractivity contribution in [3.63, 3.8) is 0 Å². The average molecular weight is 323 g/mol. The van der Waals surface area contributed by atoms with Gasteiger partial charge in [-0.25, -0.2) is 0 Å². The van der Waals surface area contributed by atoms with Crippen LogP contribution in [0.25, 0.3) is 0 Å². The number of rotatable bonds is 8. The highest BCUT2D eigenvalue weighted by molar-refractivity contribution is 5.91. The van der Waals surface area contributed by atoms with Gasteiger partial charge >= 0.3 is 0 Å². The number of nitrogens with zero attached hydrogens (tertiary/aromatic N) is 1. The number of amides is 2. The summed E-state index contributed by atoms with van der Waals surface area (Å²) in [6.45, 7) is 8.92. The molecule has 1 saturated carbocycles. The van der Waals surface area contributed by atoms with Gasteiger partial charge in [-0.15, -0.1) is 6.58 Å². The Kier molecular flexibility index (Phi) is 7.76. The maximum atomic E-state index is 13.0. The molecule has 2 N–H and O–H groups in total. The SMILES string of the molecule is C=C[C@@H]1CC[C@H](CN(C)C)[C@@](NC(C)=O)(C(=O)NCCCC)C1. The molecule has 1 aliphatic carbocycles. The summed E-state index contributed by atoms with van der Waals surface area (Å²) in [5, 5.41) is 6.06. The van der Waals surface area contributed by atoms with E-state index in [-0.39, 0.29) is 23.7 Å². The van der Waals surface area contributed by atoms with E-state index in [2.05, 4.69) is 29.0 Å². The number of carbonyl (C=O) groups is 2. The van der Waals surface area contributed by atoms with Gasteiger partial charge in [0.15, 0.2) is 0 Å². The van der Waals surface area contributed by atoms with E-state index in [4.69, 9.17) is 0 Å². The van der Waals surface area contributed by atoms with Crippen molar-refractivity contribution in [2.75, 3.05) is 27.2 Å². The predicted molar refractivity (Wildman–Crippen MR) is 94.0 cm³/mol. The molecule has 0 unspecified atom stereocenters. The Morgan fingerprint density at radius 3 is 2.57 bits per heavy atom. The molecule has 0 aliphatic heterocycles. The van der Waals surface area contributed by atoms with Gasteiger partial charge in [0, 0.05) is 25.9 Å². The van der Waals surface area contributed by atoms with Crippen LogP contribution in [0, 0.1) is 11.8 Å². The molecule has 0 radical (unpaired) electrons. The number of allylic oxidation sites excluding steroid dienone is 1. The second-order valence-corrected chi connectivity index (χ2v) is 7.00. The quantitative estimate of drug-likeness (QED) is 0.530. The standard InChI is InChI=1S/C18H33N3O2/c1-6-8-11-19-17(23)18(20-14(3)22)12-15(7-2)9-10-16(18)13-21(4)5/h7,15-16H,2,6,8-13H2,1,3-5H3,(H,19,23)(H,20,22)/t15-,16-,18-/m1/s1. The van der Waals surface area contributed by atoms with Crippen LogP contribution in [0.5, 0.6) is 0 Å². The zero-order valence-electron chi connectivity index (χ0n) is 15.2. The lowest BCUT2D eigenvalue weighted by molar-refractivity contribution is -0.138. The van der Waals surface area contributed by atoms with Gasteiger partial charge < -0.3 is 15.5 Å². The lowest BCUT2D eigenvalue weighted by Gasteiger charge is -2.46. The molecular formula is C18H33N3O2. The lowest BCUT2D eigenvalue weighted by atomic mass is 9.67. The molecule has 0 aromatic carbocycles. The molecule has 2 amide bonds. The van der Waals surface area contributed by atoms with Gasteiger partial charge in [0.25, 0.3) is 0 Å². The van der Waals surface area contributed by atoms with Crippen molar-refractivity contribution in [1.82, 2.24) is 15.5 Å². The van der Waals surface area contributed by atoms with E-state index in [1.54, 1.807) is 0 Å². The Labute approximate surface area is 140 Å². The van der Waals surface area contributed by atoms with E-state index in [0.717, 1.165) is 32.2 Å². The maximum Gasteiger partial charge on any atom is 0.246 e. The molecular weight excluding hydrogens is 290 g/mol. The normalized spacial score (nSPS) is 27.5. The molecule has 1 rings (SSSR count). The van der Waals surface area contributed by atoms with Crippen LogP contribution in [-0.2, 0) is 9.59 Å². The number of carbonyl (C=O) groups excluding carboxylic acids is 2. The molecule has 1 fully saturated rings. The molecule has 5 nitrogen and oxygen atoms in total. The summed E-state index contributed by atoms with van der Waals surface area (Å²) in [5.74, 6) is 0.181. The van der Waals surface area contributed by atoms with Crippen LogP contribution in [-0.4, -0.2) is 49.4 Å². The number of hydrogen-bond acceptors (Lipinski definition) is 3. The minimum Gasteiger partial charge on any atom is -0.354 e. The first-order valence-electron chi connectivity index (χ1n) is 8.70. The predicted octanol–water partition coefficient (Wildman–Crippen LogP) is 1.94. The van der Waals surface area contributed by atoms with E-state index in [1.807, 2.05) is 20.2 Å². The second-order valence-electron chi connectivity index (χ2n) is 7.00. The Morgan fingerprint density at radius 2 is 2.04 bits per heavy atom. The van der Waals surface area contributed by atoms with Crippen LogP contribution in [0.3, 0.4) is 0 Å². The van der Waals surface area contributed by atoms with E-state index in [9.17, 15) is 9.59 Å². The molecule has 0 aromatic rings. The molecule has 0 spiro atoms. The molecule has 0 saturated heterocycles. The first kappa shape index (κ1) is 19.7. The minimum absolute atomic E-state index is 0.0421. The minimum atomic E-state index is -0.832. The molecule has 0 bridgehead atoms. The fraction of sp³-hybridized carbons (Fsp3) is 0.778. The van der Waals surface area contributed by atoms with Gasteiger partial charge in [0.1, 0.15) is 5.54 Å². The van der Waals surface area contributed by atoms with E-state index in [1.165, 1.54) is 6.92 Å². The first-order chi connectivity index (χ1) is 10.9. The first-order valence-corrected chi connectivity index (χ1v) is 8.70. The van der Waals surface area contributed by atoms with Crippen LogP contribution in [0.4, 0.5) is 0 Å². The van der Waals surface area contributed by atoms with Gasteiger partial charge in [0.05, 0.1) is 0 Å². The highest BCUT2D eigenvalue weighted by Gasteiger charge is 2.49. The number of nitrogens with one attached hydrogen (secondary N) is 2. The zero-order chi connectivity index (χ0) is 17.5. The maximum absolute atomic E-state index is 13.0. The van der Waals surface area contributed by atoms with Crippen molar-refractivity contribution in [2.24, 2.45) is 11.8 Å². The summed E-state index contributed by atoms with van der Waals surface area (Å²) in [6, 6.07) is 0. The fourth-order valence-electron chi connectivity index (χ4n) is 3.57. The second kappa shape index (κ2) is 9.06. The Balaban J connectivity index is 3.08. The van der Waals surface area contributed by atoms with Crippen LogP contribution in [0.1, 0.15) is 46.0 Å². The van der Waals surface area contributed by atoms with Crippen LogP contribution in [0.2, 0.25) is 0 Å². The molecule has 5 heteroatoms. The van der Waals surface area contributed by atoms with E-state index < -0.39 is 5.54 Å². The summed E-state index contributed by atoms with van der Waals surface area (Å²) in [7, 11) is 4.01. The zero-order valence-corrected chi connectivity index (χ0v) is 15.2. The lowest BCUT2D eigenvalue weighted by Crippen LogP contribution is -2.66. The number of unbranched alkanes of at least 4 members (excludes halogenated alkanes) is 1. The van der Waals surface area contributed by atoms with Crippen molar-refractivity contribution in [3.05, 3.63) is 12.7 Å². The molecule has 1 aliphatic rings. The molecule has 0 heterocycles. The highest BCUT2D eigenvalue weighted by atomic mass is 16.2. The third-order valence-corrected chi connectivity index (χ3v) is 4.71. The van der Waals surface area contributed by atoms with Gasteiger partial charge in [-0.3, -0.25) is 9.59 Å². The van der Waals surface area contributed by atoms with Crippen molar-refractivity contribution >= 4 is 11.8 Å². The summed E-state index contributed by atoms with van der Waals surface area (Å²) in [6.07, 6.45) is 6.46. The highest BCUT2D eigenvalue weighted by Crippen LogP contribution is 2.38. The van der Waals surface area contributed by atoms with Crippen molar-refractivity contribution < 1.29 is 9.59 Å². The average Bonchev–Trinajstić information content (AvgIpc) is 2.48. The van der Waals surface area contributed by atoms with Gasteiger partial charge in [-0.05, 0) is 45.7 Å². The molecule has 3 atom stereocenters. The largest absolute Gasteiger partial charge is 0.354 e. The summed E-state index contributed by atoms with van der Waals surface area (Å²) in [5.41, 5.74) is -0.832. The van der Waals surface area contributed by atoms with Gasteiger partial charge in [-0.2, -0.15) is 0 Å².